The molecular formula is C16H25N3O4S. The van der Waals surface area contributed by atoms with Crippen LogP contribution in [-0.2, 0) is 20.8 Å². The molecule has 0 spiro atoms. The number of nitrogens with one attached hydrogen (secondary N) is 2. The molecule has 0 aliphatic rings. The van der Waals surface area contributed by atoms with Gasteiger partial charge in [-0.1, -0.05) is 13.8 Å². The molecule has 0 aliphatic heterocycles. The Kier molecular flexibility index (Phi) is 8.39. The summed E-state index contributed by atoms with van der Waals surface area (Å²) in [5.41, 5.74) is 0.973. The fraction of sp³-hybridized carbons (Fsp3) is 0.625. The molecule has 0 unspecified atom stereocenters. The van der Waals surface area contributed by atoms with Crippen molar-refractivity contribution >= 4 is 29.1 Å². The molecule has 24 heavy (non-hydrogen) atoms. The molecule has 1 aromatic heterocycles. The average molecular weight is 355 g/mol. The van der Waals surface area contributed by atoms with E-state index in [9.17, 15) is 14.4 Å². The smallest absolute Gasteiger partial charge is 0.326 e. The van der Waals surface area contributed by atoms with E-state index >= 15 is 0 Å². The monoisotopic (exact) mass is 355 g/mol. The van der Waals surface area contributed by atoms with Gasteiger partial charge in [0.05, 0.1) is 17.2 Å². The Balaban J connectivity index is 2.24. The van der Waals surface area contributed by atoms with Gasteiger partial charge in [-0.05, 0) is 32.1 Å². The molecule has 8 heteroatoms. The third-order valence-corrected chi connectivity index (χ3v) is 4.11. The first-order chi connectivity index (χ1) is 11.3. The number of thiazole rings is 1. The molecule has 0 saturated carbocycles. The summed E-state index contributed by atoms with van der Waals surface area (Å²) in [6.45, 7) is 5.49. The second-order valence-electron chi connectivity index (χ2n) is 6.08. The van der Waals surface area contributed by atoms with E-state index in [1.54, 1.807) is 11.3 Å². The molecule has 0 bridgehead atoms. The number of aryl methyl sites for hydroxylation is 2. The van der Waals surface area contributed by atoms with E-state index in [1.807, 2.05) is 26.2 Å². The minimum absolute atomic E-state index is 0.148. The topological polar surface area (TPSA) is 108 Å². The number of hydrogen-bond donors (Lipinski definition) is 3. The van der Waals surface area contributed by atoms with Crippen LogP contribution in [0.4, 0.5) is 0 Å². The summed E-state index contributed by atoms with van der Waals surface area (Å²) in [5, 5.41) is 17.0. The predicted octanol–water partition coefficient (Wildman–Crippen LogP) is 1.51. The first-order valence-electron chi connectivity index (χ1n) is 7.97. The number of nitrogens with zero attached hydrogens (tertiary/aromatic N) is 1. The first kappa shape index (κ1) is 20.1. The zero-order valence-electron chi connectivity index (χ0n) is 14.3. The molecule has 2 amide bonds. The summed E-state index contributed by atoms with van der Waals surface area (Å²) in [7, 11) is 0. The Morgan fingerprint density at radius 3 is 2.54 bits per heavy atom. The molecule has 0 saturated heterocycles. The zero-order valence-corrected chi connectivity index (χ0v) is 15.1. The number of carboxylic acid groups (broad SMARTS) is 1. The van der Waals surface area contributed by atoms with Gasteiger partial charge in [-0.25, -0.2) is 9.78 Å². The molecule has 3 N–H and O–H groups in total. The van der Waals surface area contributed by atoms with Crippen molar-refractivity contribution in [3.63, 3.8) is 0 Å². The molecule has 1 aromatic rings. The van der Waals surface area contributed by atoms with Crippen molar-refractivity contribution < 1.29 is 19.5 Å². The van der Waals surface area contributed by atoms with Crippen molar-refractivity contribution in [3.8, 4) is 0 Å². The Hall–Kier alpha value is -1.96. The highest BCUT2D eigenvalue weighted by Crippen LogP contribution is 2.10. The average Bonchev–Trinajstić information content (AvgIpc) is 2.89. The second-order valence-corrected chi connectivity index (χ2v) is 7.14. The van der Waals surface area contributed by atoms with Crippen LogP contribution in [0, 0.1) is 12.8 Å². The normalized spacial score (nSPS) is 12.0. The van der Waals surface area contributed by atoms with E-state index in [0.29, 0.717) is 19.3 Å². The van der Waals surface area contributed by atoms with Crippen LogP contribution in [0.25, 0.3) is 0 Å². The van der Waals surface area contributed by atoms with Crippen molar-refractivity contribution in [1.29, 1.82) is 0 Å². The molecule has 1 rings (SSSR count). The Morgan fingerprint density at radius 1 is 1.29 bits per heavy atom. The number of carbonyl (C=O) groups is 3. The lowest BCUT2D eigenvalue weighted by atomic mass is 10.0. The van der Waals surface area contributed by atoms with Crippen molar-refractivity contribution in [2.24, 2.45) is 5.92 Å². The zero-order chi connectivity index (χ0) is 18.1. The van der Waals surface area contributed by atoms with Crippen molar-refractivity contribution in [1.82, 2.24) is 15.6 Å². The standard InChI is InChI=1S/C16H25N3O4S/c1-10(2)7-13(16(22)23)19-15(21)8-17-14(20)6-4-5-12-9-24-11(3)18-12/h9-10,13H,4-8H2,1-3H3,(H,17,20)(H,19,21)(H,22,23)/t13-/m0/s1. The molecule has 0 aromatic carbocycles. The summed E-state index contributed by atoms with van der Waals surface area (Å²) in [5.74, 6) is -1.64. The number of carbonyl (C=O) groups excluding carboxylic acids is 2. The van der Waals surface area contributed by atoms with Crippen LogP contribution in [0.1, 0.15) is 43.8 Å². The van der Waals surface area contributed by atoms with Gasteiger partial charge in [0.15, 0.2) is 0 Å². The summed E-state index contributed by atoms with van der Waals surface area (Å²) < 4.78 is 0. The Labute approximate surface area is 145 Å². The van der Waals surface area contributed by atoms with Gasteiger partial charge in [0.1, 0.15) is 6.04 Å². The number of aromatic nitrogens is 1. The number of hydrogen-bond acceptors (Lipinski definition) is 5. The quantitative estimate of drug-likeness (QED) is 0.589. The molecular weight excluding hydrogens is 330 g/mol. The summed E-state index contributed by atoms with van der Waals surface area (Å²) in [6, 6.07) is -0.928. The third-order valence-electron chi connectivity index (χ3n) is 3.29. The van der Waals surface area contributed by atoms with Crippen molar-refractivity contribution in [3.05, 3.63) is 16.1 Å². The number of carboxylic acids is 1. The largest absolute Gasteiger partial charge is 0.480 e. The molecule has 134 valence electrons. The highest BCUT2D eigenvalue weighted by molar-refractivity contribution is 7.09. The molecule has 1 atom stereocenters. The maximum atomic E-state index is 11.7. The minimum atomic E-state index is -1.07. The number of rotatable bonds is 10. The lowest BCUT2D eigenvalue weighted by molar-refractivity contribution is -0.142. The van der Waals surface area contributed by atoms with Crippen molar-refractivity contribution in [2.45, 2.75) is 52.5 Å². The highest BCUT2D eigenvalue weighted by atomic mass is 32.1. The van der Waals surface area contributed by atoms with Gasteiger partial charge in [0, 0.05) is 11.8 Å². The van der Waals surface area contributed by atoms with Crippen molar-refractivity contribution in [2.75, 3.05) is 6.54 Å². The molecule has 0 aliphatic carbocycles. The van der Waals surface area contributed by atoms with E-state index < -0.39 is 17.9 Å². The van der Waals surface area contributed by atoms with E-state index in [2.05, 4.69) is 15.6 Å². The maximum absolute atomic E-state index is 11.7. The highest BCUT2D eigenvalue weighted by Gasteiger charge is 2.21. The van der Waals surface area contributed by atoms with Gasteiger partial charge >= 0.3 is 5.97 Å². The van der Waals surface area contributed by atoms with Gasteiger partial charge in [0.2, 0.25) is 11.8 Å². The molecule has 0 fully saturated rings. The summed E-state index contributed by atoms with van der Waals surface area (Å²) in [4.78, 5) is 38.9. The lowest BCUT2D eigenvalue weighted by Gasteiger charge is -2.16. The van der Waals surface area contributed by atoms with Crippen LogP contribution in [0.2, 0.25) is 0 Å². The van der Waals surface area contributed by atoms with Gasteiger partial charge in [-0.3, -0.25) is 9.59 Å². The summed E-state index contributed by atoms with van der Waals surface area (Å²) in [6.07, 6.45) is 2.03. The van der Waals surface area contributed by atoms with Crippen LogP contribution < -0.4 is 10.6 Å². The lowest BCUT2D eigenvalue weighted by Crippen LogP contribution is -2.46. The Bertz CT molecular complexity index is 571. The Morgan fingerprint density at radius 2 is 2.00 bits per heavy atom. The van der Waals surface area contributed by atoms with E-state index in [-0.39, 0.29) is 18.4 Å². The maximum Gasteiger partial charge on any atom is 0.326 e. The van der Waals surface area contributed by atoms with Crippen LogP contribution >= 0.6 is 11.3 Å². The minimum Gasteiger partial charge on any atom is -0.480 e. The van der Waals surface area contributed by atoms with Crippen LogP contribution in [0.5, 0.6) is 0 Å². The van der Waals surface area contributed by atoms with Crippen LogP contribution in [0.15, 0.2) is 5.38 Å². The van der Waals surface area contributed by atoms with Crippen LogP contribution in [-0.4, -0.2) is 40.5 Å². The fourth-order valence-corrected chi connectivity index (χ4v) is 2.81. The van der Waals surface area contributed by atoms with Gasteiger partial charge in [0.25, 0.3) is 0 Å². The SMILES string of the molecule is Cc1nc(CCCC(=O)NCC(=O)N[C@@H](CC(C)C)C(=O)O)cs1. The van der Waals surface area contributed by atoms with Gasteiger partial charge in [-0.2, -0.15) is 0 Å². The second kappa shape index (κ2) is 10.0. The summed E-state index contributed by atoms with van der Waals surface area (Å²) >= 11 is 1.58. The molecule has 1 heterocycles. The third kappa shape index (κ3) is 8.05. The van der Waals surface area contributed by atoms with E-state index in [4.69, 9.17) is 5.11 Å². The first-order valence-corrected chi connectivity index (χ1v) is 8.85. The van der Waals surface area contributed by atoms with Crippen LogP contribution in [0.3, 0.4) is 0 Å². The fourth-order valence-electron chi connectivity index (χ4n) is 2.16. The van der Waals surface area contributed by atoms with E-state index in [1.165, 1.54) is 0 Å². The number of amides is 2. The predicted molar refractivity (Wildman–Crippen MR) is 91.8 cm³/mol. The number of aliphatic carboxylic acids is 1. The van der Waals surface area contributed by atoms with Gasteiger partial charge in [-0.15, -0.1) is 11.3 Å². The van der Waals surface area contributed by atoms with Gasteiger partial charge < -0.3 is 15.7 Å². The van der Waals surface area contributed by atoms with E-state index in [0.717, 1.165) is 17.1 Å². The molecule has 0 radical (unpaired) electrons. The molecule has 7 nitrogen and oxygen atoms in total.